The molecule has 0 radical (unpaired) electrons. The van der Waals surface area contributed by atoms with Crippen molar-refractivity contribution in [3.05, 3.63) is 0 Å². The first-order chi connectivity index (χ1) is 6.20. The zero-order valence-electron chi connectivity index (χ0n) is 8.95. The third-order valence-corrected chi connectivity index (χ3v) is 2.84. The molecule has 0 bridgehead atoms. The SMILES string of the molecule is CCN=C(N)N1C(C)CCC1CC. The van der Waals surface area contributed by atoms with E-state index in [1.54, 1.807) is 0 Å². The second kappa shape index (κ2) is 4.49. The van der Waals surface area contributed by atoms with Crippen LogP contribution < -0.4 is 5.73 Å². The van der Waals surface area contributed by atoms with Crippen LogP contribution in [0.4, 0.5) is 0 Å². The van der Waals surface area contributed by atoms with E-state index >= 15 is 0 Å². The Morgan fingerprint density at radius 1 is 1.46 bits per heavy atom. The van der Waals surface area contributed by atoms with Crippen LogP contribution in [0.25, 0.3) is 0 Å². The number of rotatable bonds is 2. The molecule has 2 atom stereocenters. The summed E-state index contributed by atoms with van der Waals surface area (Å²) in [5.74, 6) is 0.736. The summed E-state index contributed by atoms with van der Waals surface area (Å²) in [6.45, 7) is 7.25. The molecule has 1 aliphatic heterocycles. The van der Waals surface area contributed by atoms with Crippen molar-refractivity contribution >= 4 is 5.96 Å². The van der Waals surface area contributed by atoms with E-state index in [4.69, 9.17) is 5.73 Å². The van der Waals surface area contributed by atoms with E-state index in [9.17, 15) is 0 Å². The van der Waals surface area contributed by atoms with Crippen molar-refractivity contribution in [1.82, 2.24) is 4.90 Å². The normalized spacial score (nSPS) is 29.8. The van der Waals surface area contributed by atoms with E-state index in [0.717, 1.165) is 12.5 Å². The van der Waals surface area contributed by atoms with Crippen molar-refractivity contribution in [2.45, 2.75) is 52.1 Å². The van der Waals surface area contributed by atoms with E-state index in [2.05, 4.69) is 23.7 Å². The highest BCUT2D eigenvalue weighted by molar-refractivity contribution is 5.79. The highest BCUT2D eigenvalue weighted by Crippen LogP contribution is 2.25. The van der Waals surface area contributed by atoms with Gasteiger partial charge in [-0.15, -0.1) is 0 Å². The summed E-state index contributed by atoms with van der Waals surface area (Å²) >= 11 is 0. The van der Waals surface area contributed by atoms with Gasteiger partial charge in [-0.05, 0) is 33.1 Å². The quantitative estimate of drug-likeness (QED) is 0.521. The van der Waals surface area contributed by atoms with Crippen LogP contribution in [0, 0.1) is 0 Å². The molecule has 0 amide bonds. The summed E-state index contributed by atoms with van der Waals surface area (Å²) in [5, 5.41) is 0. The minimum atomic E-state index is 0.570. The summed E-state index contributed by atoms with van der Waals surface area (Å²) in [4.78, 5) is 6.56. The molecule has 1 aliphatic rings. The highest BCUT2D eigenvalue weighted by Gasteiger charge is 2.30. The molecule has 76 valence electrons. The predicted molar refractivity (Wildman–Crippen MR) is 56.8 cm³/mol. The molecule has 1 heterocycles. The Hall–Kier alpha value is -0.730. The van der Waals surface area contributed by atoms with Gasteiger partial charge in [-0.2, -0.15) is 0 Å². The zero-order valence-corrected chi connectivity index (χ0v) is 8.95. The van der Waals surface area contributed by atoms with Gasteiger partial charge in [-0.3, -0.25) is 4.99 Å². The van der Waals surface area contributed by atoms with Gasteiger partial charge in [0.1, 0.15) is 0 Å². The Balaban J connectivity index is 2.68. The fourth-order valence-corrected chi connectivity index (χ4v) is 2.13. The zero-order chi connectivity index (χ0) is 9.84. The maximum Gasteiger partial charge on any atom is 0.191 e. The fourth-order valence-electron chi connectivity index (χ4n) is 2.13. The molecule has 2 N–H and O–H groups in total. The van der Waals surface area contributed by atoms with Gasteiger partial charge >= 0.3 is 0 Å². The topological polar surface area (TPSA) is 41.6 Å². The fraction of sp³-hybridized carbons (Fsp3) is 0.900. The molecule has 13 heavy (non-hydrogen) atoms. The van der Waals surface area contributed by atoms with Crippen LogP contribution in [0.15, 0.2) is 4.99 Å². The number of guanidine groups is 1. The van der Waals surface area contributed by atoms with E-state index in [1.807, 2.05) is 6.92 Å². The molecule has 2 unspecified atom stereocenters. The molecule has 0 aromatic rings. The number of nitrogens with zero attached hydrogens (tertiary/aromatic N) is 2. The van der Waals surface area contributed by atoms with Crippen LogP contribution in [-0.2, 0) is 0 Å². The predicted octanol–water partition coefficient (Wildman–Crippen LogP) is 1.58. The van der Waals surface area contributed by atoms with E-state index in [0.29, 0.717) is 12.1 Å². The molecule has 3 heteroatoms. The van der Waals surface area contributed by atoms with Crippen molar-refractivity contribution in [3.8, 4) is 0 Å². The molecular formula is C10H21N3. The molecule has 1 saturated heterocycles. The largest absolute Gasteiger partial charge is 0.370 e. The minimum absolute atomic E-state index is 0.570. The van der Waals surface area contributed by atoms with Crippen molar-refractivity contribution in [1.29, 1.82) is 0 Å². The van der Waals surface area contributed by atoms with Crippen LogP contribution in [0.3, 0.4) is 0 Å². The summed E-state index contributed by atoms with van der Waals surface area (Å²) in [6.07, 6.45) is 3.68. The van der Waals surface area contributed by atoms with Crippen molar-refractivity contribution in [2.75, 3.05) is 6.54 Å². The monoisotopic (exact) mass is 183 g/mol. The molecule has 0 aromatic heterocycles. The van der Waals surface area contributed by atoms with E-state index in [1.165, 1.54) is 19.3 Å². The van der Waals surface area contributed by atoms with Crippen LogP contribution in [0.1, 0.15) is 40.0 Å². The van der Waals surface area contributed by atoms with Gasteiger partial charge in [0.2, 0.25) is 0 Å². The Kier molecular flexibility index (Phi) is 3.58. The lowest BCUT2D eigenvalue weighted by Crippen LogP contribution is -2.44. The molecule has 0 saturated carbocycles. The lowest BCUT2D eigenvalue weighted by atomic mass is 10.2. The first kappa shape index (κ1) is 10.4. The summed E-state index contributed by atoms with van der Waals surface area (Å²) in [7, 11) is 0. The lowest BCUT2D eigenvalue weighted by molar-refractivity contribution is 0.317. The molecule has 0 spiro atoms. The number of aliphatic imine (C=N–C) groups is 1. The molecule has 0 aliphatic carbocycles. The Morgan fingerprint density at radius 3 is 2.69 bits per heavy atom. The van der Waals surface area contributed by atoms with E-state index in [-0.39, 0.29) is 0 Å². The summed E-state index contributed by atoms with van der Waals surface area (Å²) in [5.41, 5.74) is 5.92. The Morgan fingerprint density at radius 2 is 2.15 bits per heavy atom. The van der Waals surface area contributed by atoms with Gasteiger partial charge < -0.3 is 10.6 Å². The van der Waals surface area contributed by atoms with Crippen LogP contribution in [0.5, 0.6) is 0 Å². The number of likely N-dealkylation sites (tertiary alicyclic amines) is 1. The summed E-state index contributed by atoms with van der Waals surface area (Å²) < 4.78 is 0. The van der Waals surface area contributed by atoms with Crippen molar-refractivity contribution < 1.29 is 0 Å². The number of nitrogens with two attached hydrogens (primary N) is 1. The molecule has 1 fully saturated rings. The second-order valence-electron chi connectivity index (χ2n) is 3.73. The molecule has 0 aromatic carbocycles. The first-order valence-corrected chi connectivity index (χ1v) is 5.28. The lowest BCUT2D eigenvalue weighted by Gasteiger charge is -2.28. The minimum Gasteiger partial charge on any atom is -0.370 e. The Bertz CT molecular complexity index is 189. The third kappa shape index (κ3) is 2.14. The maximum atomic E-state index is 5.92. The maximum absolute atomic E-state index is 5.92. The molecule has 1 rings (SSSR count). The van der Waals surface area contributed by atoms with Crippen molar-refractivity contribution in [2.24, 2.45) is 10.7 Å². The van der Waals surface area contributed by atoms with Gasteiger partial charge in [0, 0.05) is 18.6 Å². The van der Waals surface area contributed by atoms with Gasteiger partial charge in [0.05, 0.1) is 0 Å². The van der Waals surface area contributed by atoms with Crippen molar-refractivity contribution in [3.63, 3.8) is 0 Å². The molecule has 3 nitrogen and oxygen atoms in total. The summed E-state index contributed by atoms with van der Waals surface area (Å²) in [6, 6.07) is 1.19. The number of hydrogen-bond acceptors (Lipinski definition) is 1. The second-order valence-corrected chi connectivity index (χ2v) is 3.73. The Labute approximate surface area is 81.0 Å². The van der Waals surface area contributed by atoms with Gasteiger partial charge in [-0.1, -0.05) is 6.92 Å². The standard InChI is InChI=1S/C10H21N3/c1-4-9-7-6-8(3)13(9)10(11)12-5-2/h8-9H,4-7H2,1-3H3,(H2,11,12). The van der Waals surface area contributed by atoms with Crippen LogP contribution in [0.2, 0.25) is 0 Å². The highest BCUT2D eigenvalue weighted by atomic mass is 15.3. The van der Waals surface area contributed by atoms with Crippen LogP contribution in [-0.4, -0.2) is 29.5 Å². The smallest absolute Gasteiger partial charge is 0.191 e. The van der Waals surface area contributed by atoms with E-state index < -0.39 is 0 Å². The number of hydrogen-bond donors (Lipinski definition) is 1. The van der Waals surface area contributed by atoms with Crippen LogP contribution >= 0.6 is 0 Å². The first-order valence-electron chi connectivity index (χ1n) is 5.28. The van der Waals surface area contributed by atoms with Gasteiger partial charge in [0.15, 0.2) is 5.96 Å². The average molecular weight is 183 g/mol. The molecular weight excluding hydrogens is 162 g/mol. The van der Waals surface area contributed by atoms with Gasteiger partial charge in [-0.25, -0.2) is 0 Å². The van der Waals surface area contributed by atoms with Gasteiger partial charge in [0.25, 0.3) is 0 Å². The third-order valence-electron chi connectivity index (χ3n) is 2.84. The average Bonchev–Trinajstić information content (AvgIpc) is 2.47.